The van der Waals surface area contributed by atoms with Gasteiger partial charge in [-0.15, -0.1) is 0 Å². The Bertz CT molecular complexity index is 1280. The van der Waals surface area contributed by atoms with E-state index >= 15 is 0 Å². The van der Waals surface area contributed by atoms with Crippen LogP contribution in [0.25, 0.3) is 11.3 Å². The number of nitrogens with two attached hydrogens (primary N) is 1. The van der Waals surface area contributed by atoms with E-state index < -0.39 is 0 Å². The van der Waals surface area contributed by atoms with Gasteiger partial charge in [0.1, 0.15) is 5.82 Å². The molecule has 40 heavy (non-hydrogen) atoms. The minimum Gasteiger partial charge on any atom is -0.372 e. The predicted molar refractivity (Wildman–Crippen MR) is 172 cm³/mol. The second kappa shape index (κ2) is 16.2. The highest BCUT2D eigenvalue weighted by Gasteiger charge is 2.10. The standard InChI is InChI=1S/C21H22N4.C12H17N.C2H6/c1-15(20(22)14-17-6-4-3-5-7-17)24-19-10-8-18(9-11-19)21-12-13-23-16(2)25-21;1-11-5-7-12(8-6-11)13-9-3-2-4-10-13;1-2/h3-13,20,24H,1,14,22H2,2H3;5-8H,2-4,9-10H2,1H3;1-2H3. The first kappa shape index (κ1) is 30.6. The third-order valence-corrected chi connectivity index (χ3v) is 6.76. The van der Waals surface area contributed by atoms with Crippen molar-refractivity contribution in [3.05, 3.63) is 120 Å². The molecule has 5 heteroatoms. The van der Waals surface area contributed by atoms with Gasteiger partial charge in [-0.3, -0.25) is 0 Å². The predicted octanol–water partition coefficient (Wildman–Crippen LogP) is 7.96. The molecule has 1 unspecified atom stereocenters. The van der Waals surface area contributed by atoms with Crippen molar-refractivity contribution in [2.75, 3.05) is 23.3 Å². The van der Waals surface area contributed by atoms with Gasteiger partial charge in [-0.2, -0.15) is 0 Å². The molecule has 0 radical (unpaired) electrons. The van der Waals surface area contributed by atoms with Gasteiger partial charge in [-0.05, 0) is 75.4 Å². The lowest BCUT2D eigenvalue weighted by Gasteiger charge is -2.28. The molecule has 5 nitrogen and oxygen atoms in total. The van der Waals surface area contributed by atoms with Crippen molar-refractivity contribution >= 4 is 11.4 Å². The van der Waals surface area contributed by atoms with Crippen molar-refractivity contribution in [1.82, 2.24) is 9.97 Å². The summed E-state index contributed by atoms with van der Waals surface area (Å²) in [6.45, 7) is 14.6. The van der Waals surface area contributed by atoms with E-state index in [0.717, 1.165) is 34.9 Å². The zero-order chi connectivity index (χ0) is 28.7. The minimum absolute atomic E-state index is 0.147. The summed E-state index contributed by atoms with van der Waals surface area (Å²) in [6.07, 6.45) is 6.64. The normalized spacial score (nSPS) is 13.2. The minimum atomic E-state index is -0.147. The van der Waals surface area contributed by atoms with Crippen LogP contribution in [0.15, 0.2) is 103 Å². The first-order valence-electron chi connectivity index (χ1n) is 14.4. The number of aryl methyl sites for hydroxylation is 2. The van der Waals surface area contributed by atoms with Crippen LogP contribution in [0.2, 0.25) is 0 Å². The van der Waals surface area contributed by atoms with Crippen LogP contribution in [-0.4, -0.2) is 29.1 Å². The lowest BCUT2D eigenvalue weighted by Crippen LogP contribution is -2.29. The summed E-state index contributed by atoms with van der Waals surface area (Å²) in [7, 11) is 0. The molecule has 0 saturated carbocycles. The zero-order valence-corrected chi connectivity index (χ0v) is 24.6. The monoisotopic (exact) mass is 535 g/mol. The van der Waals surface area contributed by atoms with Gasteiger partial charge in [-0.25, -0.2) is 9.97 Å². The van der Waals surface area contributed by atoms with E-state index in [-0.39, 0.29) is 6.04 Å². The SMILES string of the molecule is C=C(Nc1ccc(-c2ccnc(C)n2)cc1)C(N)Cc1ccccc1.CC.Cc1ccc(N2CCCCC2)cc1. The van der Waals surface area contributed by atoms with Gasteiger partial charge >= 0.3 is 0 Å². The molecular formula is C35H45N5. The first-order chi connectivity index (χ1) is 19.5. The smallest absolute Gasteiger partial charge is 0.125 e. The van der Waals surface area contributed by atoms with Crippen LogP contribution in [0.3, 0.4) is 0 Å². The van der Waals surface area contributed by atoms with E-state index in [1.807, 2.05) is 69.3 Å². The highest BCUT2D eigenvalue weighted by Crippen LogP contribution is 2.21. The van der Waals surface area contributed by atoms with E-state index in [4.69, 9.17) is 5.73 Å². The Morgan fingerprint density at radius 2 is 1.52 bits per heavy atom. The van der Waals surface area contributed by atoms with Crippen LogP contribution in [0, 0.1) is 13.8 Å². The van der Waals surface area contributed by atoms with Gasteiger partial charge in [-0.1, -0.05) is 80.6 Å². The molecule has 5 rings (SSSR count). The summed E-state index contributed by atoms with van der Waals surface area (Å²) < 4.78 is 0. The second-order valence-electron chi connectivity index (χ2n) is 9.90. The Hall–Kier alpha value is -3.96. The number of hydrogen-bond donors (Lipinski definition) is 2. The number of nitrogens with zero attached hydrogens (tertiary/aromatic N) is 3. The number of rotatable bonds is 7. The van der Waals surface area contributed by atoms with Gasteiger partial charge in [0.25, 0.3) is 0 Å². The lowest BCUT2D eigenvalue weighted by atomic mass is 10.0. The number of benzene rings is 3. The van der Waals surface area contributed by atoms with Crippen LogP contribution in [0.4, 0.5) is 11.4 Å². The van der Waals surface area contributed by atoms with Gasteiger partial charge < -0.3 is 16.0 Å². The topological polar surface area (TPSA) is 67.1 Å². The zero-order valence-electron chi connectivity index (χ0n) is 24.6. The number of piperidine rings is 1. The Kier molecular flexibility index (Phi) is 12.4. The Balaban J connectivity index is 0.000000246. The molecule has 0 spiro atoms. The molecule has 1 aliphatic heterocycles. The van der Waals surface area contributed by atoms with Gasteiger partial charge in [0.15, 0.2) is 0 Å². The number of anilines is 2. The third-order valence-electron chi connectivity index (χ3n) is 6.76. The molecule has 210 valence electrons. The Morgan fingerprint density at radius 1 is 0.875 bits per heavy atom. The van der Waals surface area contributed by atoms with E-state index in [2.05, 4.69) is 70.1 Å². The summed E-state index contributed by atoms with van der Waals surface area (Å²) in [5.41, 5.74) is 13.9. The molecule has 0 aliphatic carbocycles. The molecule has 0 bridgehead atoms. The molecule has 2 heterocycles. The van der Waals surface area contributed by atoms with Crippen molar-refractivity contribution in [3.8, 4) is 11.3 Å². The largest absolute Gasteiger partial charge is 0.372 e. The Morgan fingerprint density at radius 3 is 2.15 bits per heavy atom. The van der Waals surface area contributed by atoms with Gasteiger partial charge in [0, 0.05) is 48.0 Å². The maximum Gasteiger partial charge on any atom is 0.125 e. The van der Waals surface area contributed by atoms with Crippen LogP contribution in [0.1, 0.15) is 50.1 Å². The molecule has 1 atom stereocenters. The molecule has 0 amide bonds. The van der Waals surface area contributed by atoms with Crippen molar-refractivity contribution in [2.24, 2.45) is 5.73 Å². The van der Waals surface area contributed by atoms with Crippen molar-refractivity contribution < 1.29 is 0 Å². The lowest BCUT2D eigenvalue weighted by molar-refractivity contribution is 0.578. The van der Waals surface area contributed by atoms with Gasteiger partial charge in [0.05, 0.1) is 5.69 Å². The van der Waals surface area contributed by atoms with Gasteiger partial charge in [0.2, 0.25) is 0 Å². The van der Waals surface area contributed by atoms with Crippen LogP contribution in [0.5, 0.6) is 0 Å². The van der Waals surface area contributed by atoms with Crippen molar-refractivity contribution in [1.29, 1.82) is 0 Å². The quantitative estimate of drug-likeness (QED) is 0.251. The van der Waals surface area contributed by atoms with Crippen LogP contribution in [-0.2, 0) is 6.42 Å². The van der Waals surface area contributed by atoms with E-state index in [0.29, 0.717) is 0 Å². The first-order valence-corrected chi connectivity index (χ1v) is 14.4. The number of aromatic nitrogens is 2. The molecule has 3 N–H and O–H groups in total. The molecule has 1 fully saturated rings. The second-order valence-corrected chi connectivity index (χ2v) is 9.90. The maximum atomic E-state index is 6.26. The highest BCUT2D eigenvalue weighted by molar-refractivity contribution is 5.63. The summed E-state index contributed by atoms with van der Waals surface area (Å²) in [4.78, 5) is 11.1. The fourth-order valence-electron chi connectivity index (χ4n) is 4.52. The molecule has 4 aromatic rings. The van der Waals surface area contributed by atoms with Crippen LogP contribution < -0.4 is 16.0 Å². The molecule has 1 saturated heterocycles. The van der Waals surface area contributed by atoms with Crippen LogP contribution >= 0.6 is 0 Å². The molecule has 1 aliphatic rings. The van der Waals surface area contributed by atoms with Crippen molar-refractivity contribution in [3.63, 3.8) is 0 Å². The molecular weight excluding hydrogens is 490 g/mol. The molecule has 1 aromatic heterocycles. The van der Waals surface area contributed by atoms with E-state index in [1.54, 1.807) is 6.20 Å². The Labute approximate surface area is 241 Å². The number of nitrogens with one attached hydrogen (secondary N) is 1. The fraction of sp³-hybridized carbons (Fsp3) is 0.314. The summed E-state index contributed by atoms with van der Waals surface area (Å²) in [5.74, 6) is 0.764. The van der Waals surface area contributed by atoms with E-state index in [9.17, 15) is 0 Å². The highest BCUT2D eigenvalue weighted by atomic mass is 15.1. The average Bonchev–Trinajstić information content (AvgIpc) is 3.00. The van der Waals surface area contributed by atoms with E-state index in [1.165, 1.54) is 49.2 Å². The third kappa shape index (κ3) is 9.65. The van der Waals surface area contributed by atoms with Crippen molar-refractivity contribution in [2.45, 2.75) is 59.4 Å². The maximum absolute atomic E-state index is 6.26. The summed E-state index contributed by atoms with van der Waals surface area (Å²) in [6, 6.07) is 28.9. The average molecular weight is 536 g/mol. The summed E-state index contributed by atoms with van der Waals surface area (Å²) >= 11 is 0. The number of hydrogen-bond acceptors (Lipinski definition) is 5. The fourth-order valence-corrected chi connectivity index (χ4v) is 4.52. The molecule has 3 aromatic carbocycles. The summed E-state index contributed by atoms with van der Waals surface area (Å²) in [5, 5.41) is 3.30.